The van der Waals surface area contributed by atoms with E-state index in [2.05, 4.69) is 93.7 Å². The Morgan fingerprint density at radius 2 is 0.469 bits per heavy atom. The number of hydrogen-bond acceptors (Lipinski definition) is 6. The summed E-state index contributed by atoms with van der Waals surface area (Å²) in [6.45, 7) is 6.59. The molecule has 0 saturated heterocycles. The van der Waals surface area contributed by atoms with Gasteiger partial charge in [0.15, 0.2) is 6.10 Å². The van der Waals surface area contributed by atoms with Gasteiger partial charge in [0.2, 0.25) is 0 Å². The van der Waals surface area contributed by atoms with Crippen LogP contribution in [0.4, 0.5) is 0 Å². The summed E-state index contributed by atoms with van der Waals surface area (Å²) in [5, 5.41) is 0. The van der Waals surface area contributed by atoms with Crippen molar-refractivity contribution in [3.63, 3.8) is 0 Å². The van der Waals surface area contributed by atoms with Gasteiger partial charge in [0, 0.05) is 19.3 Å². The van der Waals surface area contributed by atoms with Crippen LogP contribution in [-0.2, 0) is 28.6 Å². The molecule has 0 saturated carbocycles. The van der Waals surface area contributed by atoms with Crippen molar-refractivity contribution in [1.29, 1.82) is 0 Å². The standard InChI is InChI=1S/C75H134O6/c1-4-7-10-13-16-19-22-25-27-29-31-33-34-35-36-37-38-39-40-42-43-45-47-50-53-56-59-62-65-68-74(77)80-71-72(70-79-73(76)67-64-61-58-55-52-49-24-21-18-15-12-9-6-3)81-75(78)69-66-63-60-57-54-51-48-46-44-41-32-30-28-26-23-20-17-14-11-8-5-2/h12,15,21-26,29-32,72H,4-11,13-14,16-20,27-28,33-71H2,1-3H3/b15-12-,24-21-,25-22-,26-23-,31-29-,32-30-. The zero-order chi connectivity index (χ0) is 58.5. The van der Waals surface area contributed by atoms with Gasteiger partial charge in [-0.15, -0.1) is 0 Å². The van der Waals surface area contributed by atoms with Crippen LogP contribution in [-0.4, -0.2) is 37.2 Å². The lowest BCUT2D eigenvalue weighted by Crippen LogP contribution is -2.30. The average molecular weight is 1130 g/mol. The molecule has 0 aliphatic heterocycles. The van der Waals surface area contributed by atoms with Crippen LogP contribution in [0.3, 0.4) is 0 Å². The molecule has 0 spiro atoms. The number of allylic oxidation sites excluding steroid dienone is 12. The summed E-state index contributed by atoms with van der Waals surface area (Å²) in [5.74, 6) is -0.879. The van der Waals surface area contributed by atoms with Crippen molar-refractivity contribution < 1.29 is 28.6 Å². The maximum atomic E-state index is 12.9. The van der Waals surface area contributed by atoms with E-state index >= 15 is 0 Å². The van der Waals surface area contributed by atoms with Gasteiger partial charge in [0.05, 0.1) is 0 Å². The van der Waals surface area contributed by atoms with Gasteiger partial charge in [-0.2, -0.15) is 0 Å². The molecular weight excluding hydrogens is 997 g/mol. The van der Waals surface area contributed by atoms with Gasteiger partial charge in [-0.05, 0) is 109 Å². The van der Waals surface area contributed by atoms with Crippen LogP contribution in [0.1, 0.15) is 367 Å². The molecular formula is C75H134O6. The number of carbonyl (C=O) groups excluding carboxylic acids is 3. The summed E-state index contributed by atoms with van der Waals surface area (Å²) >= 11 is 0. The summed E-state index contributed by atoms with van der Waals surface area (Å²) < 4.78 is 17.0. The first kappa shape index (κ1) is 77.9. The smallest absolute Gasteiger partial charge is 0.306 e. The fourth-order valence-corrected chi connectivity index (χ4v) is 10.3. The van der Waals surface area contributed by atoms with Gasteiger partial charge in [-0.25, -0.2) is 0 Å². The SMILES string of the molecule is CCC/C=C\C/C=C\CCCCCCCC(=O)OCC(COC(=O)CCCCCCCCCCCCCCCCCCC/C=C\C/C=C\CCCCCCC)OC(=O)CCCCCCCCCCC/C=C\C/C=C\CCCCCCC. The molecule has 0 aliphatic carbocycles. The maximum Gasteiger partial charge on any atom is 0.306 e. The first-order valence-electron chi connectivity index (χ1n) is 35.4. The van der Waals surface area contributed by atoms with Gasteiger partial charge in [-0.3, -0.25) is 14.4 Å². The van der Waals surface area contributed by atoms with E-state index in [1.54, 1.807) is 0 Å². The van der Waals surface area contributed by atoms with Crippen molar-refractivity contribution in [3.8, 4) is 0 Å². The largest absolute Gasteiger partial charge is 0.462 e. The third-order valence-corrected chi connectivity index (χ3v) is 15.6. The van der Waals surface area contributed by atoms with Crippen molar-refractivity contribution in [3.05, 3.63) is 72.9 Å². The number of ether oxygens (including phenoxy) is 3. The maximum absolute atomic E-state index is 12.9. The molecule has 81 heavy (non-hydrogen) atoms. The first-order valence-corrected chi connectivity index (χ1v) is 35.4. The normalized spacial score (nSPS) is 12.5. The Hall–Kier alpha value is -3.15. The molecule has 0 amide bonds. The van der Waals surface area contributed by atoms with Crippen LogP contribution in [0.5, 0.6) is 0 Å². The van der Waals surface area contributed by atoms with E-state index in [-0.39, 0.29) is 31.1 Å². The molecule has 0 heterocycles. The molecule has 0 rings (SSSR count). The molecule has 0 N–H and O–H groups in total. The van der Waals surface area contributed by atoms with Gasteiger partial charge >= 0.3 is 17.9 Å². The molecule has 0 aromatic rings. The van der Waals surface area contributed by atoms with Gasteiger partial charge in [-0.1, -0.05) is 312 Å². The molecule has 470 valence electrons. The van der Waals surface area contributed by atoms with Gasteiger partial charge in [0.25, 0.3) is 0 Å². The van der Waals surface area contributed by atoms with E-state index in [4.69, 9.17) is 14.2 Å². The second-order valence-electron chi connectivity index (χ2n) is 23.8. The summed E-state index contributed by atoms with van der Waals surface area (Å²) in [6, 6.07) is 0. The van der Waals surface area contributed by atoms with Crippen LogP contribution < -0.4 is 0 Å². The Kier molecular flexibility index (Phi) is 66.6. The van der Waals surface area contributed by atoms with Crippen molar-refractivity contribution in [1.82, 2.24) is 0 Å². The predicted octanol–water partition coefficient (Wildman–Crippen LogP) is 24.4. The van der Waals surface area contributed by atoms with Gasteiger partial charge < -0.3 is 14.2 Å². The summed E-state index contributed by atoms with van der Waals surface area (Å²) in [4.78, 5) is 38.4. The van der Waals surface area contributed by atoms with E-state index in [1.165, 1.54) is 231 Å². The minimum atomic E-state index is -0.784. The van der Waals surface area contributed by atoms with Crippen molar-refractivity contribution in [2.75, 3.05) is 13.2 Å². The molecule has 0 radical (unpaired) electrons. The highest BCUT2D eigenvalue weighted by molar-refractivity contribution is 5.71. The highest BCUT2D eigenvalue weighted by Gasteiger charge is 2.19. The number of unbranched alkanes of at least 4 members (excludes halogenated alkanes) is 42. The summed E-state index contributed by atoms with van der Waals surface area (Å²) in [6.07, 6.45) is 90.8. The molecule has 6 nitrogen and oxygen atoms in total. The van der Waals surface area contributed by atoms with E-state index in [0.717, 1.165) is 96.3 Å². The Labute approximate surface area is 503 Å². The highest BCUT2D eigenvalue weighted by atomic mass is 16.6. The zero-order valence-electron chi connectivity index (χ0n) is 54.1. The third kappa shape index (κ3) is 67.5. The van der Waals surface area contributed by atoms with E-state index in [1.807, 2.05) is 0 Å². The average Bonchev–Trinajstić information content (AvgIpc) is 3.46. The van der Waals surface area contributed by atoms with E-state index in [0.29, 0.717) is 19.3 Å². The van der Waals surface area contributed by atoms with Crippen LogP contribution in [0.2, 0.25) is 0 Å². The van der Waals surface area contributed by atoms with Crippen LogP contribution >= 0.6 is 0 Å². The Morgan fingerprint density at radius 1 is 0.247 bits per heavy atom. The first-order chi connectivity index (χ1) is 40.0. The lowest BCUT2D eigenvalue weighted by Gasteiger charge is -2.18. The van der Waals surface area contributed by atoms with Crippen LogP contribution in [0.15, 0.2) is 72.9 Å². The minimum absolute atomic E-state index is 0.0788. The lowest BCUT2D eigenvalue weighted by molar-refractivity contribution is -0.167. The quantitative estimate of drug-likeness (QED) is 0.0261. The molecule has 0 aromatic heterocycles. The fraction of sp³-hybridized carbons (Fsp3) is 0.800. The molecule has 1 atom stereocenters. The molecule has 0 aromatic carbocycles. The summed E-state index contributed by atoms with van der Waals surface area (Å²) in [5.41, 5.74) is 0. The van der Waals surface area contributed by atoms with Crippen molar-refractivity contribution in [2.24, 2.45) is 0 Å². The summed E-state index contributed by atoms with van der Waals surface area (Å²) in [7, 11) is 0. The van der Waals surface area contributed by atoms with Gasteiger partial charge in [0.1, 0.15) is 13.2 Å². The second-order valence-corrected chi connectivity index (χ2v) is 23.8. The fourth-order valence-electron chi connectivity index (χ4n) is 10.3. The van der Waals surface area contributed by atoms with E-state index < -0.39 is 6.10 Å². The monoisotopic (exact) mass is 1130 g/mol. The Morgan fingerprint density at radius 3 is 0.728 bits per heavy atom. The third-order valence-electron chi connectivity index (χ3n) is 15.6. The Balaban J connectivity index is 4.23. The van der Waals surface area contributed by atoms with Crippen LogP contribution in [0, 0.1) is 0 Å². The second kappa shape index (κ2) is 69.3. The zero-order valence-corrected chi connectivity index (χ0v) is 54.1. The molecule has 1 unspecified atom stereocenters. The molecule has 0 aliphatic rings. The number of hydrogen-bond donors (Lipinski definition) is 0. The molecule has 0 bridgehead atoms. The van der Waals surface area contributed by atoms with Crippen LogP contribution in [0.25, 0.3) is 0 Å². The predicted molar refractivity (Wildman–Crippen MR) is 353 cm³/mol. The topological polar surface area (TPSA) is 78.9 Å². The molecule has 0 fully saturated rings. The lowest BCUT2D eigenvalue weighted by atomic mass is 10.0. The Bertz CT molecular complexity index is 1490. The van der Waals surface area contributed by atoms with Crippen molar-refractivity contribution >= 4 is 17.9 Å². The number of esters is 3. The minimum Gasteiger partial charge on any atom is -0.462 e. The van der Waals surface area contributed by atoms with Crippen molar-refractivity contribution in [2.45, 2.75) is 374 Å². The number of rotatable bonds is 65. The number of carbonyl (C=O) groups is 3. The highest BCUT2D eigenvalue weighted by Crippen LogP contribution is 2.17. The molecule has 6 heteroatoms. The van der Waals surface area contributed by atoms with E-state index in [9.17, 15) is 14.4 Å².